The van der Waals surface area contributed by atoms with E-state index in [1.54, 1.807) is 60.7 Å². The lowest BCUT2D eigenvalue weighted by Crippen LogP contribution is -2.42. The molecular formula is C56H52N6O11. The number of azo groups is 1. The van der Waals surface area contributed by atoms with Crippen LogP contribution in [0.3, 0.4) is 0 Å². The second-order valence-electron chi connectivity index (χ2n) is 16.4. The summed E-state index contributed by atoms with van der Waals surface area (Å²) in [6, 6.07) is 45.9. The number of benzene rings is 6. The van der Waals surface area contributed by atoms with Crippen molar-refractivity contribution in [1.82, 2.24) is 0 Å². The number of nitriles is 2. The lowest BCUT2D eigenvalue weighted by molar-refractivity contribution is -0.384. The summed E-state index contributed by atoms with van der Waals surface area (Å²) in [5.41, 5.74) is 4.66. The summed E-state index contributed by atoms with van der Waals surface area (Å²) in [5, 5.41) is 37.4. The fourth-order valence-corrected chi connectivity index (χ4v) is 7.53. The molecule has 0 saturated carbocycles. The summed E-state index contributed by atoms with van der Waals surface area (Å²) in [5.74, 6) is -1.76. The van der Waals surface area contributed by atoms with Crippen molar-refractivity contribution in [3.63, 3.8) is 0 Å². The van der Waals surface area contributed by atoms with Crippen LogP contribution in [0, 0.1) is 38.2 Å². The lowest BCUT2D eigenvalue weighted by Gasteiger charge is -2.29. The van der Waals surface area contributed by atoms with E-state index < -0.39 is 34.0 Å². The molecule has 6 aromatic rings. The average Bonchev–Trinajstić information content (AvgIpc) is 3.42. The number of ketones is 1. The van der Waals surface area contributed by atoms with Crippen LogP contribution in [-0.2, 0) is 33.4 Å². The number of ether oxygens (including phenoxy) is 5. The zero-order chi connectivity index (χ0) is 52.0. The molecule has 6 rings (SSSR count). The second kappa shape index (κ2) is 26.7. The predicted octanol–water partition coefficient (Wildman–Crippen LogP) is 10.8. The Bertz CT molecular complexity index is 2810. The first kappa shape index (κ1) is 53.1. The van der Waals surface area contributed by atoms with Gasteiger partial charge in [0.05, 0.1) is 46.1 Å². The molecule has 0 aliphatic carbocycles. The topological polar surface area (TPSA) is 233 Å². The summed E-state index contributed by atoms with van der Waals surface area (Å²) < 4.78 is 28.1. The number of likely N-dealkylation sites (N-methyl/N-ethyl adjacent to an activating group) is 1. The van der Waals surface area contributed by atoms with Gasteiger partial charge in [0, 0.05) is 37.2 Å². The Morgan fingerprint density at radius 3 is 1.37 bits per heavy atom. The number of nitro groups is 1. The van der Waals surface area contributed by atoms with E-state index in [-0.39, 0.29) is 70.9 Å². The van der Waals surface area contributed by atoms with E-state index in [9.17, 15) is 29.3 Å². The zero-order valence-corrected chi connectivity index (χ0v) is 40.3. The van der Waals surface area contributed by atoms with Crippen LogP contribution >= 0.6 is 0 Å². The highest BCUT2D eigenvalue weighted by Crippen LogP contribution is 2.34. The first-order valence-electron chi connectivity index (χ1n) is 23.4. The molecule has 0 unspecified atom stereocenters. The molecule has 0 atom stereocenters. The Kier molecular flexibility index (Phi) is 19.4. The average molecular weight is 985 g/mol. The summed E-state index contributed by atoms with van der Waals surface area (Å²) in [4.78, 5) is 66.2. The van der Waals surface area contributed by atoms with Crippen molar-refractivity contribution in [3.8, 4) is 45.9 Å². The van der Waals surface area contributed by atoms with E-state index in [1.807, 2.05) is 72.5 Å². The summed E-state index contributed by atoms with van der Waals surface area (Å²) in [6.07, 6.45) is -1.26. The minimum atomic E-state index is -1.88. The molecule has 0 bridgehead atoms. The van der Waals surface area contributed by atoms with E-state index in [2.05, 4.69) is 22.4 Å². The van der Waals surface area contributed by atoms with Gasteiger partial charge in [-0.3, -0.25) is 29.3 Å². The number of hydrogen-bond acceptors (Lipinski definition) is 16. The Morgan fingerprint density at radius 2 is 0.986 bits per heavy atom. The summed E-state index contributed by atoms with van der Waals surface area (Å²) in [6.45, 7) is 3.61. The molecule has 0 aliphatic rings. The Labute approximate surface area is 422 Å². The molecule has 0 N–H and O–H groups in total. The van der Waals surface area contributed by atoms with Crippen molar-refractivity contribution in [3.05, 3.63) is 167 Å². The highest BCUT2D eigenvalue weighted by Gasteiger charge is 2.45. The quantitative estimate of drug-likeness (QED) is 0.00935. The predicted molar refractivity (Wildman–Crippen MR) is 270 cm³/mol. The van der Waals surface area contributed by atoms with Crippen LogP contribution < -0.4 is 14.4 Å². The van der Waals surface area contributed by atoms with E-state index in [0.717, 1.165) is 27.9 Å². The maximum atomic E-state index is 14.1. The first-order chi connectivity index (χ1) is 35.4. The molecule has 17 nitrogen and oxygen atoms in total. The van der Waals surface area contributed by atoms with Gasteiger partial charge in [-0.2, -0.15) is 20.8 Å². The number of Topliss-reactive ketones (excluding diaryl/α,β-unsaturated/α-hetero) is 1. The standard InChI is InChI=1S/C56H52N6O11/c1-3-61(49-20-16-47(17-21-49)59-60-48-18-22-50(23-19-48)62(67)68)32-33-73-55(66)56(40(2)63,30-28-53(64)71-36-34-69-51-24-12-45(13-25-51)43-8-4-41(38-57)5-9-43)31-29-54(65)72-37-35-70-52-26-14-46(15-27-52)44-10-6-42(39-58)7-11-44/h4-27H,3,28-37H2,1-2H3. The second-order valence-corrected chi connectivity index (χ2v) is 16.4. The Balaban J connectivity index is 1.02. The number of hydrogen-bond donors (Lipinski definition) is 0. The summed E-state index contributed by atoms with van der Waals surface area (Å²) >= 11 is 0. The third-order valence-electron chi connectivity index (χ3n) is 11.7. The van der Waals surface area contributed by atoms with E-state index in [4.69, 9.17) is 34.2 Å². The third kappa shape index (κ3) is 15.6. The molecule has 0 heterocycles. The van der Waals surface area contributed by atoms with Gasteiger partial charge in [-0.25, -0.2) is 0 Å². The SMILES string of the molecule is CCN(CCOC(=O)C(CCC(=O)OCCOc1ccc(-c2ccc(C#N)cc2)cc1)(CCC(=O)OCCOc1ccc(-c2ccc(C#N)cc2)cc1)C(C)=O)c1ccc(N=Nc2ccc([N+](=O)[O-])cc2)cc1. The molecule has 372 valence electrons. The van der Waals surface area contributed by atoms with E-state index >= 15 is 0 Å². The van der Waals surface area contributed by atoms with Gasteiger partial charge in [-0.05, 0) is 134 Å². The third-order valence-corrected chi connectivity index (χ3v) is 11.7. The van der Waals surface area contributed by atoms with E-state index in [1.165, 1.54) is 31.2 Å². The number of nitrogens with zero attached hydrogens (tertiary/aromatic N) is 6. The van der Waals surface area contributed by atoms with Crippen LogP contribution in [0.4, 0.5) is 22.7 Å². The van der Waals surface area contributed by atoms with Gasteiger partial charge in [0.1, 0.15) is 55.7 Å². The van der Waals surface area contributed by atoms with Crippen LogP contribution in [0.15, 0.2) is 156 Å². The minimum absolute atomic E-state index is 0.0320. The maximum absolute atomic E-state index is 14.1. The molecule has 0 spiro atoms. The van der Waals surface area contributed by atoms with Crippen LogP contribution in [0.25, 0.3) is 22.3 Å². The van der Waals surface area contributed by atoms with Crippen molar-refractivity contribution < 1.29 is 47.8 Å². The Hall–Kier alpha value is -9.22. The van der Waals surface area contributed by atoms with Gasteiger partial charge in [-0.1, -0.05) is 48.5 Å². The largest absolute Gasteiger partial charge is 0.490 e. The number of esters is 3. The van der Waals surface area contributed by atoms with Crippen molar-refractivity contribution in [2.24, 2.45) is 15.6 Å². The van der Waals surface area contributed by atoms with Crippen LogP contribution in [0.2, 0.25) is 0 Å². The van der Waals surface area contributed by atoms with Crippen molar-refractivity contribution in [1.29, 1.82) is 10.5 Å². The molecular weight excluding hydrogens is 933 g/mol. The molecule has 0 amide bonds. The van der Waals surface area contributed by atoms with Crippen LogP contribution in [0.5, 0.6) is 11.5 Å². The fourth-order valence-electron chi connectivity index (χ4n) is 7.53. The number of nitro benzene ring substituents is 1. The molecule has 0 saturated heterocycles. The van der Waals surface area contributed by atoms with Gasteiger partial charge < -0.3 is 28.6 Å². The lowest BCUT2D eigenvalue weighted by atomic mass is 9.75. The highest BCUT2D eigenvalue weighted by molar-refractivity contribution is 6.03. The maximum Gasteiger partial charge on any atom is 0.319 e. The van der Waals surface area contributed by atoms with Crippen molar-refractivity contribution in [2.45, 2.75) is 39.5 Å². The molecule has 17 heteroatoms. The van der Waals surface area contributed by atoms with Gasteiger partial charge in [-0.15, -0.1) is 0 Å². The number of carbonyl (C=O) groups is 4. The summed E-state index contributed by atoms with van der Waals surface area (Å²) in [7, 11) is 0. The minimum Gasteiger partial charge on any atom is -0.490 e. The van der Waals surface area contributed by atoms with Crippen molar-refractivity contribution >= 4 is 46.4 Å². The monoisotopic (exact) mass is 984 g/mol. The molecule has 0 fully saturated rings. The van der Waals surface area contributed by atoms with Gasteiger partial charge in [0.2, 0.25) is 0 Å². The number of rotatable bonds is 26. The normalized spacial score (nSPS) is 10.9. The van der Waals surface area contributed by atoms with Gasteiger partial charge in [0.25, 0.3) is 5.69 Å². The molecule has 0 aliphatic heterocycles. The number of non-ortho nitro benzene ring substituents is 1. The van der Waals surface area contributed by atoms with Gasteiger partial charge >= 0.3 is 17.9 Å². The number of anilines is 1. The van der Waals surface area contributed by atoms with E-state index in [0.29, 0.717) is 40.5 Å². The highest BCUT2D eigenvalue weighted by atomic mass is 16.6. The molecule has 6 aromatic carbocycles. The zero-order valence-electron chi connectivity index (χ0n) is 40.3. The Morgan fingerprint density at radius 1 is 0.575 bits per heavy atom. The smallest absolute Gasteiger partial charge is 0.319 e. The first-order valence-corrected chi connectivity index (χ1v) is 23.4. The molecule has 0 aromatic heterocycles. The molecule has 73 heavy (non-hydrogen) atoms. The van der Waals surface area contributed by atoms with Crippen LogP contribution in [0.1, 0.15) is 50.7 Å². The van der Waals surface area contributed by atoms with Crippen LogP contribution in [-0.4, -0.2) is 74.7 Å². The van der Waals surface area contributed by atoms with Crippen molar-refractivity contribution in [2.75, 3.05) is 51.0 Å². The van der Waals surface area contributed by atoms with Gasteiger partial charge in [0.15, 0.2) is 0 Å². The molecule has 0 radical (unpaired) electrons. The fraction of sp³-hybridized carbons (Fsp3) is 0.250. The number of carbonyl (C=O) groups excluding carboxylic acids is 4.